The van der Waals surface area contributed by atoms with Crippen molar-refractivity contribution in [2.45, 2.75) is 40.7 Å². The number of aryl methyl sites for hydroxylation is 2. The summed E-state index contributed by atoms with van der Waals surface area (Å²) in [5.74, 6) is -0.586. The lowest BCUT2D eigenvalue weighted by atomic mass is 10.1. The summed E-state index contributed by atoms with van der Waals surface area (Å²) >= 11 is 0. The molecule has 6 nitrogen and oxygen atoms in total. The fourth-order valence-electron chi connectivity index (χ4n) is 2.82. The molecule has 0 amide bonds. The molecule has 0 radical (unpaired) electrons. The highest BCUT2D eigenvalue weighted by Crippen LogP contribution is 2.19. The first-order valence-electron chi connectivity index (χ1n) is 8.34. The van der Waals surface area contributed by atoms with Crippen molar-refractivity contribution >= 4 is 17.5 Å². The topological polar surface area (TPSA) is 85.5 Å². The molecule has 6 heteroatoms. The van der Waals surface area contributed by atoms with Gasteiger partial charge in [0.15, 0.2) is 18.5 Å². The van der Waals surface area contributed by atoms with Gasteiger partial charge in [-0.05, 0) is 57.9 Å². The van der Waals surface area contributed by atoms with Crippen LogP contribution in [0.4, 0.5) is 0 Å². The van der Waals surface area contributed by atoms with Gasteiger partial charge >= 0.3 is 5.97 Å². The highest BCUT2D eigenvalue weighted by molar-refractivity contribution is 6.04. The molecule has 138 valence electrons. The number of ketones is 2. The van der Waals surface area contributed by atoms with Gasteiger partial charge in [0.05, 0.1) is 5.69 Å². The van der Waals surface area contributed by atoms with Gasteiger partial charge in [-0.1, -0.05) is 12.1 Å². The van der Waals surface area contributed by atoms with Crippen LogP contribution < -0.4 is 4.74 Å². The number of hydrogen-bond donors (Lipinski definition) is 1. The number of rotatable bonds is 7. The second-order valence-electron chi connectivity index (χ2n) is 6.29. The molecule has 1 atom stereocenters. The maximum atomic E-state index is 12.3. The SMILES string of the molecule is CC(=O)c1c(C)[nH]c(C(=O)COC(=O)[C@H](C)Oc2cccc(C)c2)c1C. The third kappa shape index (κ3) is 4.39. The van der Waals surface area contributed by atoms with Crippen molar-refractivity contribution < 1.29 is 23.9 Å². The molecule has 1 aromatic carbocycles. The van der Waals surface area contributed by atoms with Gasteiger partial charge < -0.3 is 14.5 Å². The third-order valence-electron chi connectivity index (χ3n) is 4.05. The van der Waals surface area contributed by atoms with Gasteiger partial charge in [0, 0.05) is 11.3 Å². The molecule has 0 unspecified atom stereocenters. The van der Waals surface area contributed by atoms with Gasteiger partial charge in [-0.2, -0.15) is 0 Å². The van der Waals surface area contributed by atoms with Crippen molar-refractivity contribution in [2.24, 2.45) is 0 Å². The first-order chi connectivity index (χ1) is 12.2. The number of hydrogen-bond acceptors (Lipinski definition) is 5. The normalized spacial score (nSPS) is 11.7. The van der Waals surface area contributed by atoms with E-state index in [4.69, 9.17) is 9.47 Å². The maximum absolute atomic E-state index is 12.3. The fourth-order valence-corrected chi connectivity index (χ4v) is 2.82. The van der Waals surface area contributed by atoms with Crippen LogP contribution in [0.15, 0.2) is 24.3 Å². The second kappa shape index (κ2) is 7.99. The summed E-state index contributed by atoms with van der Waals surface area (Å²) in [5.41, 5.74) is 2.99. The Hall–Kier alpha value is -2.89. The Balaban J connectivity index is 1.97. The number of nitrogens with one attached hydrogen (secondary N) is 1. The van der Waals surface area contributed by atoms with Gasteiger partial charge in [-0.25, -0.2) is 4.79 Å². The highest BCUT2D eigenvalue weighted by atomic mass is 16.6. The van der Waals surface area contributed by atoms with Crippen molar-refractivity contribution in [3.05, 3.63) is 52.3 Å². The quantitative estimate of drug-likeness (QED) is 0.607. The summed E-state index contributed by atoms with van der Waals surface area (Å²) in [6.07, 6.45) is -0.844. The second-order valence-corrected chi connectivity index (χ2v) is 6.29. The lowest BCUT2D eigenvalue weighted by Gasteiger charge is -2.14. The zero-order valence-corrected chi connectivity index (χ0v) is 15.6. The summed E-state index contributed by atoms with van der Waals surface area (Å²) < 4.78 is 10.6. The average Bonchev–Trinajstić information content (AvgIpc) is 2.86. The monoisotopic (exact) mass is 357 g/mol. The molecule has 0 bridgehead atoms. The van der Waals surface area contributed by atoms with Crippen molar-refractivity contribution in [3.63, 3.8) is 0 Å². The van der Waals surface area contributed by atoms with Gasteiger partial charge in [0.25, 0.3) is 0 Å². The highest BCUT2D eigenvalue weighted by Gasteiger charge is 2.22. The fraction of sp³-hybridized carbons (Fsp3) is 0.350. The molecule has 1 heterocycles. The van der Waals surface area contributed by atoms with Crippen LogP contribution >= 0.6 is 0 Å². The molecule has 0 spiro atoms. The van der Waals surface area contributed by atoms with Crippen LogP contribution in [0, 0.1) is 20.8 Å². The van der Waals surface area contributed by atoms with Crippen LogP contribution in [0.2, 0.25) is 0 Å². The molecule has 1 N–H and O–H groups in total. The van der Waals surface area contributed by atoms with Crippen molar-refractivity contribution in [1.29, 1.82) is 0 Å². The van der Waals surface area contributed by atoms with Crippen LogP contribution in [0.25, 0.3) is 0 Å². The van der Waals surface area contributed by atoms with E-state index >= 15 is 0 Å². The zero-order chi connectivity index (χ0) is 19.4. The van der Waals surface area contributed by atoms with E-state index < -0.39 is 24.5 Å². The van der Waals surface area contributed by atoms with E-state index in [-0.39, 0.29) is 11.5 Å². The van der Waals surface area contributed by atoms with Crippen LogP contribution in [0.3, 0.4) is 0 Å². The van der Waals surface area contributed by atoms with Crippen molar-refractivity contribution in [3.8, 4) is 5.75 Å². The van der Waals surface area contributed by atoms with E-state index in [1.165, 1.54) is 6.92 Å². The molecule has 0 fully saturated rings. The Bertz CT molecular complexity index is 850. The van der Waals surface area contributed by atoms with Gasteiger partial charge in [0.2, 0.25) is 5.78 Å². The summed E-state index contributed by atoms with van der Waals surface area (Å²) in [6, 6.07) is 7.30. The number of carbonyl (C=O) groups is 3. The standard InChI is InChI=1S/C20H23NO5/c1-11-7-6-8-16(9-11)26-15(5)20(24)25-10-17(23)19-12(2)18(14(4)22)13(3)21-19/h6-9,15,21H,10H2,1-5H3/t15-/m0/s1. The number of H-pyrrole nitrogens is 1. The first-order valence-corrected chi connectivity index (χ1v) is 8.34. The predicted octanol–water partition coefficient (Wildman–Crippen LogP) is 3.34. The average molecular weight is 357 g/mol. The van der Waals surface area contributed by atoms with Crippen molar-refractivity contribution in [1.82, 2.24) is 4.98 Å². The minimum Gasteiger partial charge on any atom is -0.479 e. The Kier molecular flexibility index (Phi) is 5.97. The van der Waals surface area contributed by atoms with Gasteiger partial charge in [-0.3, -0.25) is 9.59 Å². The van der Waals surface area contributed by atoms with Crippen LogP contribution in [0.5, 0.6) is 5.75 Å². The zero-order valence-electron chi connectivity index (χ0n) is 15.6. The van der Waals surface area contributed by atoms with E-state index in [0.29, 0.717) is 22.6 Å². The Morgan fingerprint density at radius 2 is 1.85 bits per heavy atom. The molecular formula is C20H23NO5. The lowest BCUT2D eigenvalue weighted by molar-refractivity contribution is -0.149. The number of benzene rings is 1. The lowest BCUT2D eigenvalue weighted by Crippen LogP contribution is -2.28. The number of esters is 1. The Morgan fingerprint density at radius 1 is 1.15 bits per heavy atom. The molecule has 0 saturated heterocycles. The minimum atomic E-state index is -0.844. The number of ether oxygens (including phenoxy) is 2. The number of carbonyl (C=O) groups excluding carboxylic acids is 3. The summed E-state index contributed by atoms with van der Waals surface area (Å²) in [6.45, 7) is 7.93. The first kappa shape index (κ1) is 19.4. The number of Topliss-reactive ketones (excluding diaryl/α,β-unsaturated/α-hetero) is 2. The smallest absolute Gasteiger partial charge is 0.347 e. The van der Waals surface area contributed by atoms with E-state index in [2.05, 4.69) is 4.98 Å². The van der Waals surface area contributed by atoms with Gasteiger partial charge in [-0.15, -0.1) is 0 Å². The van der Waals surface area contributed by atoms with E-state index in [1.807, 2.05) is 25.1 Å². The molecule has 0 aliphatic carbocycles. The molecule has 0 aliphatic rings. The largest absolute Gasteiger partial charge is 0.479 e. The summed E-state index contributed by atoms with van der Waals surface area (Å²) in [5, 5.41) is 0. The molecule has 2 rings (SSSR count). The Labute approximate surface area is 152 Å². The van der Waals surface area contributed by atoms with Crippen LogP contribution in [-0.4, -0.2) is 35.2 Å². The maximum Gasteiger partial charge on any atom is 0.347 e. The predicted molar refractivity (Wildman–Crippen MR) is 96.8 cm³/mol. The van der Waals surface area contributed by atoms with E-state index in [9.17, 15) is 14.4 Å². The molecule has 26 heavy (non-hydrogen) atoms. The molecule has 0 aliphatic heterocycles. The van der Waals surface area contributed by atoms with Crippen LogP contribution in [-0.2, 0) is 9.53 Å². The summed E-state index contributed by atoms with van der Waals surface area (Å²) in [7, 11) is 0. The molecule has 1 aromatic heterocycles. The summed E-state index contributed by atoms with van der Waals surface area (Å²) in [4.78, 5) is 38.9. The van der Waals surface area contributed by atoms with E-state index in [1.54, 1.807) is 26.8 Å². The third-order valence-corrected chi connectivity index (χ3v) is 4.05. The molecular weight excluding hydrogens is 334 g/mol. The van der Waals surface area contributed by atoms with Gasteiger partial charge in [0.1, 0.15) is 5.75 Å². The Morgan fingerprint density at radius 3 is 2.42 bits per heavy atom. The van der Waals surface area contributed by atoms with E-state index in [0.717, 1.165) is 5.56 Å². The molecule has 2 aromatic rings. The number of aromatic amines is 1. The van der Waals surface area contributed by atoms with Crippen LogP contribution in [0.1, 0.15) is 51.5 Å². The molecule has 0 saturated carbocycles. The minimum absolute atomic E-state index is 0.118. The number of aromatic nitrogens is 1. The van der Waals surface area contributed by atoms with Crippen molar-refractivity contribution in [2.75, 3.05) is 6.61 Å².